The van der Waals surface area contributed by atoms with Crippen molar-refractivity contribution in [2.75, 3.05) is 6.54 Å². The van der Waals surface area contributed by atoms with Gasteiger partial charge in [-0.15, -0.1) is 10.2 Å². The SMILES string of the molecule is Cc1ccnc(C(=O)NC(C)(C)CCCCC(=O)NC(C(=O)N2CCC[C@H]2C(=O)NC(C(=O)c2nnc(-c3cc(O)cc(O)c3)o2)C(C)C)C(C)C)c1. The fourth-order valence-corrected chi connectivity index (χ4v) is 6.26. The first-order chi connectivity index (χ1) is 25.0. The molecule has 0 spiro atoms. The number of amides is 4. The molecule has 15 heteroatoms. The normalized spacial score (nSPS) is 15.6. The van der Waals surface area contributed by atoms with Crippen LogP contribution in [-0.4, -0.2) is 89.9 Å². The number of aromatic hydroxyl groups is 2. The van der Waals surface area contributed by atoms with Crippen molar-refractivity contribution in [3.05, 3.63) is 53.7 Å². The minimum Gasteiger partial charge on any atom is -0.508 e. The number of ketones is 1. The number of nitrogens with one attached hydrogen (secondary N) is 3. The van der Waals surface area contributed by atoms with E-state index < -0.39 is 35.4 Å². The van der Waals surface area contributed by atoms with Crippen LogP contribution in [0.2, 0.25) is 0 Å². The molecule has 0 radical (unpaired) electrons. The summed E-state index contributed by atoms with van der Waals surface area (Å²) in [6.07, 6.45) is 4.57. The van der Waals surface area contributed by atoms with Crippen molar-refractivity contribution in [1.82, 2.24) is 36.0 Å². The molecule has 286 valence electrons. The number of nitrogens with zero attached hydrogens (tertiary/aromatic N) is 4. The lowest BCUT2D eigenvalue weighted by Gasteiger charge is -2.31. The zero-order valence-corrected chi connectivity index (χ0v) is 31.4. The summed E-state index contributed by atoms with van der Waals surface area (Å²) >= 11 is 0. The van der Waals surface area contributed by atoms with Gasteiger partial charge in [0.15, 0.2) is 0 Å². The topological polar surface area (TPSA) is 217 Å². The number of likely N-dealkylation sites (tertiary alicyclic amines) is 1. The molecule has 3 atom stereocenters. The molecule has 1 fully saturated rings. The van der Waals surface area contributed by atoms with Gasteiger partial charge in [-0.2, -0.15) is 0 Å². The van der Waals surface area contributed by atoms with Crippen molar-refractivity contribution in [3.63, 3.8) is 0 Å². The fourth-order valence-electron chi connectivity index (χ4n) is 6.26. The van der Waals surface area contributed by atoms with E-state index in [4.69, 9.17) is 4.42 Å². The van der Waals surface area contributed by atoms with Gasteiger partial charge in [0.05, 0.1) is 6.04 Å². The Hall–Kier alpha value is -5.34. The zero-order chi connectivity index (χ0) is 39.0. The molecule has 5 N–H and O–H groups in total. The van der Waals surface area contributed by atoms with Gasteiger partial charge in [-0.3, -0.25) is 29.0 Å². The largest absolute Gasteiger partial charge is 0.508 e. The van der Waals surface area contributed by atoms with Gasteiger partial charge in [-0.25, -0.2) is 0 Å². The third-order valence-corrected chi connectivity index (χ3v) is 9.18. The molecule has 4 rings (SSSR count). The molecule has 2 aromatic heterocycles. The standard InChI is InChI=1S/C38H51N7O8/c1-21(2)30(32(49)36-44-43-35(53-36)24-18-25(46)20-26(47)19-24)41-34(51)28-11-10-16-45(28)37(52)31(22(3)4)40-29(48)12-8-9-14-38(6,7)42-33(50)27-17-23(5)13-15-39-27/h13,15,17-22,28,30-31,46-47H,8-12,14,16H2,1-7H3,(H,40,48)(H,41,51)(H,42,50)/t28-,30?,31?/m0/s1. The van der Waals surface area contributed by atoms with Crippen LogP contribution in [0.5, 0.6) is 11.5 Å². The number of rotatable bonds is 16. The zero-order valence-electron chi connectivity index (χ0n) is 31.4. The smallest absolute Gasteiger partial charge is 0.286 e. The predicted octanol–water partition coefficient (Wildman–Crippen LogP) is 4.08. The van der Waals surface area contributed by atoms with Crippen molar-refractivity contribution in [2.24, 2.45) is 11.8 Å². The predicted molar refractivity (Wildman–Crippen MR) is 195 cm³/mol. The van der Waals surface area contributed by atoms with Crippen LogP contribution < -0.4 is 16.0 Å². The number of unbranched alkanes of at least 4 members (excludes halogenated alkanes) is 1. The van der Waals surface area contributed by atoms with Gasteiger partial charge in [0.25, 0.3) is 11.8 Å². The molecule has 1 aliphatic heterocycles. The molecule has 15 nitrogen and oxygen atoms in total. The lowest BCUT2D eigenvalue weighted by Crippen LogP contribution is -2.57. The first-order valence-corrected chi connectivity index (χ1v) is 18.0. The van der Waals surface area contributed by atoms with Gasteiger partial charge < -0.3 is 35.5 Å². The van der Waals surface area contributed by atoms with E-state index in [9.17, 15) is 34.2 Å². The molecule has 53 heavy (non-hydrogen) atoms. The van der Waals surface area contributed by atoms with Gasteiger partial charge in [-0.1, -0.05) is 34.1 Å². The third kappa shape index (κ3) is 10.8. The van der Waals surface area contributed by atoms with Crippen molar-refractivity contribution < 1.29 is 38.6 Å². The van der Waals surface area contributed by atoms with Crippen molar-refractivity contribution in [3.8, 4) is 23.0 Å². The molecule has 2 unspecified atom stereocenters. The van der Waals surface area contributed by atoms with E-state index in [1.807, 2.05) is 40.7 Å². The molecule has 0 aliphatic carbocycles. The molecule has 0 saturated carbocycles. The van der Waals surface area contributed by atoms with Crippen LogP contribution in [0.25, 0.3) is 11.5 Å². The average Bonchev–Trinajstić information content (AvgIpc) is 3.78. The highest BCUT2D eigenvalue weighted by Crippen LogP contribution is 2.28. The first kappa shape index (κ1) is 40.4. The Labute approximate surface area is 309 Å². The second kappa shape index (κ2) is 17.5. The summed E-state index contributed by atoms with van der Waals surface area (Å²) in [5.74, 6) is -3.63. The Morgan fingerprint density at radius 2 is 1.62 bits per heavy atom. The monoisotopic (exact) mass is 733 g/mol. The van der Waals surface area contributed by atoms with Gasteiger partial charge >= 0.3 is 0 Å². The number of aryl methyl sites for hydroxylation is 1. The van der Waals surface area contributed by atoms with Crippen molar-refractivity contribution in [1.29, 1.82) is 0 Å². The number of hydrogen-bond donors (Lipinski definition) is 5. The Balaban J connectivity index is 1.32. The number of Topliss-reactive ketones (excluding diaryl/α,β-unsaturated/α-hetero) is 1. The maximum atomic E-state index is 13.8. The Morgan fingerprint density at radius 3 is 2.26 bits per heavy atom. The Bertz CT molecular complexity index is 1780. The van der Waals surface area contributed by atoms with E-state index >= 15 is 0 Å². The van der Waals surface area contributed by atoms with Crippen molar-refractivity contribution in [2.45, 2.75) is 111 Å². The number of hydrogen-bond acceptors (Lipinski definition) is 11. The highest BCUT2D eigenvalue weighted by Gasteiger charge is 2.40. The average molecular weight is 734 g/mol. The number of phenolic OH excluding ortho intramolecular Hbond substituents is 2. The third-order valence-electron chi connectivity index (χ3n) is 9.18. The van der Waals surface area contributed by atoms with Crippen LogP contribution in [0.3, 0.4) is 0 Å². The minimum atomic E-state index is -1.05. The summed E-state index contributed by atoms with van der Waals surface area (Å²) in [5, 5.41) is 36.0. The number of pyridine rings is 1. The van der Waals surface area contributed by atoms with E-state index in [1.54, 1.807) is 26.1 Å². The second-order valence-corrected chi connectivity index (χ2v) is 15.0. The molecular formula is C38H51N7O8. The van der Waals surface area contributed by atoms with E-state index in [-0.39, 0.29) is 64.8 Å². The van der Waals surface area contributed by atoms with Crippen LogP contribution in [0.1, 0.15) is 107 Å². The first-order valence-electron chi connectivity index (χ1n) is 18.0. The van der Waals surface area contributed by atoms with E-state index in [1.165, 1.54) is 17.0 Å². The summed E-state index contributed by atoms with van der Waals surface area (Å²) in [7, 11) is 0. The van der Waals surface area contributed by atoms with Gasteiger partial charge in [0, 0.05) is 36.3 Å². The van der Waals surface area contributed by atoms with Gasteiger partial charge in [-0.05, 0) is 88.1 Å². The number of aromatic nitrogens is 3. The minimum absolute atomic E-state index is 0.105. The highest BCUT2D eigenvalue weighted by molar-refractivity contribution is 6.00. The van der Waals surface area contributed by atoms with Crippen molar-refractivity contribution >= 4 is 29.4 Å². The molecule has 1 saturated heterocycles. The molecule has 3 heterocycles. The van der Waals surface area contributed by atoms with Gasteiger partial charge in [0.1, 0.15) is 29.3 Å². The van der Waals surface area contributed by atoms with E-state index in [0.717, 1.165) is 11.6 Å². The molecule has 1 aromatic carbocycles. The number of benzene rings is 1. The summed E-state index contributed by atoms with van der Waals surface area (Å²) in [6, 6.07) is 4.50. The van der Waals surface area contributed by atoms with Crippen LogP contribution in [0.15, 0.2) is 40.9 Å². The highest BCUT2D eigenvalue weighted by atomic mass is 16.4. The molecule has 1 aliphatic rings. The lowest BCUT2D eigenvalue weighted by molar-refractivity contribution is -0.142. The van der Waals surface area contributed by atoms with E-state index in [2.05, 4.69) is 31.1 Å². The summed E-state index contributed by atoms with van der Waals surface area (Å²) in [5.41, 5.74) is 0.967. The summed E-state index contributed by atoms with van der Waals surface area (Å²) in [6.45, 7) is 13.2. The van der Waals surface area contributed by atoms with Crippen LogP contribution >= 0.6 is 0 Å². The van der Waals surface area contributed by atoms with Crippen LogP contribution in [0, 0.1) is 18.8 Å². The molecular weight excluding hydrogens is 682 g/mol. The Kier molecular flexibility index (Phi) is 13.3. The number of carbonyl (C=O) groups excluding carboxylic acids is 5. The summed E-state index contributed by atoms with van der Waals surface area (Å²) in [4.78, 5) is 72.3. The summed E-state index contributed by atoms with van der Waals surface area (Å²) < 4.78 is 5.55. The number of phenols is 2. The van der Waals surface area contributed by atoms with Crippen LogP contribution in [-0.2, 0) is 14.4 Å². The number of carbonyl (C=O) groups is 5. The fraction of sp³-hybridized carbons (Fsp3) is 0.526. The maximum Gasteiger partial charge on any atom is 0.286 e. The molecule has 3 aromatic rings. The van der Waals surface area contributed by atoms with E-state index in [0.29, 0.717) is 44.3 Å². The maximum absolute atomic E-state index is 13.8. The quantitative estimate of drug-likeness (QED) is 0.104. The molecule has 4 amide bonds. The Morgan fingerprint density at radius 1 is 0.943 bits per heavy atom. The second-order valence-electron chi connectivity index (χ2n) is 15.0. The van der Waals surface area contributed by atoms with Gasteiger partial charge in [0.2, 0.25) is 29.4 Å². The van der Waals surface area contributed by atoms with Crippen LogP contribution in [0.4, 0.5) is 0 Å². The molecule has 0 bridgehead atoms. The lowest BCUT2D eigenvalue weighted by atomic mass is 9.96.